The van der Waals surface area contributed by atoms with Gasteiger partial charge in [0.1, 0.15) is 6.04 Å². The van der Waals surface area contributed by atoms with Crippen molar-refractivity contribution in [3.05, 3.63) is 35.4 Å². The molecule has 3 rings (SSSR count). The zero-order chi connectivity index (χ0) is 16.8. The summed E-state index contributed by atoms with van der Waals surface area (Å²) in [5.74, 6) is -1.22. The lowest BCUT2D eigenvalue weighted by molar-refractivity contribution is -0.278. The highest BCUT2D eigenvalue weighted by atomic mass is 19.4. The Hall–Kier alpha value is -1.64. The first-order chi connectivity index (χ1) is 10.8. The van der Waals surface area contributed by atoms with Crippen molar-refractivity contribution in [1.29, 1.82) is 0 Å². The summed E-state index contributed by atoms with van der Waals surface area (Å²) >= 11 is 0. The third kappa shape index (κ3) is 2.32. The minimum atomic E-state index is -5.06. The topological polar surface area (TPSA) is 59.0 Å². The maximum Gasteiger partial charge on any atom is 0.422 e. The van der Waals surface area contributed by atoms with Gasteiger partial charge >= 0.3 is 12.1 Å². The molecule has 0 radical (unpaired) electrons. The Morgan fingerprint density at radius 3 is 2.83 bits per heavy atom. The van der Waals surface area contributed by atoms with Crippen LogP contribution in [0.5, 0.6) is 0 Å². The van der Waals surface area contributed by atoms with Gasteiger partial charge < -0.3 is 9.84 Å². The van der Waals surface area contributed by atoms with E-state index in [9.17, 15) is 23.1 Å². The van der Waals surface area contributed by atoms with Crippen LogP contribution in [0.3, 0.4) is 0 Å². The van der Waals surface area contributed by atoms with Crippen molar-refractivity contribution in [3.8, 4) is 0 Å². The van der Waals surface area contributed by atoms with Crippen LogP contribution in [0.25, 0.3) is 0 Å². The van der Waals surface area contributed by atoms with Crippen LogP contribution in [0.1, 0.15) is 24.1 Å². The lowest BCUT2D eigenvalue weighted by Crippen LogP contribution is -2.58. The number of aliphatic hydroxyl groups is 1. The first-order valence-electron chi connectivity index (χ1n) is 7.27. The zero-order valence-corrected chi connectivity index (χ0v) is 12.3. The SMILES string of the molecule is CCOC(=O)C1ON2CCc3ccccc3C2C1(O)C(F)(F)F. The predicted molar refractivity (Wildman–Crippen MR) is 72.1 cm³/mol. The summed E-state index contributed by atoms with van der Waals surface area (Å²) in [5, 5.41) is 11.6. The number of rotatable bonds is 2. The van der Waals surface area contributed by atoms with Crippen LogP contribution in [-0.2, 0) is 20.8 Å². The van der Waals surface area contributed by atoms with Gasteiger partial charge in [-0.1, -0.05) is 24.3 Å². The number of hydrogen-bond donors (Lipinski definition) is 1. The third-order valence-electron chi connectivity index (χ3n) is 4.25. The normalized spacial score (nSPS) is 30.7. The molecule has 0 saturated carbocycles. The van der Waals surface area contributed by atoms with E-state index in [4.69, 9.17) is 4.84 Å². The van der Waals surface area contributed by atoms with Crippen LogP contribution in [0.4, 0.5) is 13.2 Å². The number of ether oxygens (including phenoxy) is 1. The van der Waals surface area contributed by atoms with Crippen molar-refractivity contribution in [2.45, 2.75) is 37.3 Å². The lowest BCUT2D eigenvalue weighted by Gasteiger charge is -2.37. The highest BCUT2D eigenvalue weighted by molar-refractivity contribution is 5.77. The molecule has 8 heteroatoms. The van der Waals surface area contributed by atoms with E-state index in [2.05, 4.69) is 4.74 Å². The van der Waals surface area contributed by atoms with Crippen LogP contribution < -0.4 is 0 Å². The highest BCUT2D eigenvalue weighted by Crippen LogP contribution is 2.53. The molecule has 1 saturated heterocycles. The number of nitrogens with zero attached hydrogens (tertiary/aromatic N) is 1. The van der Waals surface area contributed by atoms with Gasteiger partial charge in [-0.25, -0.2) is 4.79 Å². The number of hydroxylamine groups is 2. The second-order valence-electron chi connectivity index (χ2n) is 5.55. The van der Waals surface area contributed by atoms with Crippen LogP contribution in [0, 0.1) is 0 Å². The average Bonchev–Trinajstić information content (AvgIpc) is 2.82. The molecule has 0 aromatic heterocycles. The minimum absolute atomic E-state index is 0.103. The van der Waals surface area contributed by atoms with Gasteiger partial charge in [-0.05, 0) is 24.5 Å². The first kappa shape index (κ1) is 16.2. The number of carbonyl (C=O) groups is 1. The van der Waals surface area contributed by atoms with Crippen LogP contribution in [0.2, 0.25) is 0 Å². The molecule has 23 heavy (non-hydrogen) atoms. The number of fused-ring (bicyclic) bond motifs is 3. The maximum absolute atomic E-state index is 13.7. The number of alkyl halides is 3. The summed E-state index contributed by atoms with van der Waals surface area (Å²) in [4.78, 5) is 17.1. The van der Waals surface area contributed by atoms with Crippen LogP contribution in [-0.4, -0.2) is 47.2 Å². The van der Waals surface area contributed by atoms with Crippen LogP contribution in [0.15, 0.2) is 24.3 Å². The standard InChI is InChI=1S/C15H16F3NO4/c1-2-22-13(20)12-14(21,15(16,17)18)11-10-6-4-3-5-9(10)7-8-19(11)23-12/h3-6,11-12,21H,2,7-8H2,1H3. The Morgan fingerprint density at radius 2 is 2.17 bits per heavy atom. The van der Waals surface area contributed by atoms with Crippen molar-refractivity contribution in [2.75, 3.05) is 13.2 Å². The molecule has 1 N–H and O–H groups in total. The molecule has 0 spiro atoms. The molecule has 0 bridgehead atoms. The van der Waals surface area contributed by atoms with Gasteiger partial charge in [-0.3, -0.25) is 4.84 Å². The van der Waals surface area contributed by atoms with E-state index in [0.717, 1.165) is 5.06 Å². The quantitative estimate of drug-likeness (QED) is 0.837. The Morgan fingerprint density at radius 1 is 1.48 bits per heavy atom. The molecular formula is C15H16F3NO4. The molecule has 1 aromatic rings. The Balaban J connectivity index is 2.11. The van der Waals surface area contributed by atoms with Gasteiger partial charge in [0.25, 0.3) is 0 Å². The fourth-order valence-corrected chi connectivity index (χ4v) is 3.22. The second-order valence-corrected chi connectivity index (χ2v) is 5.55. The lowest BCUT2D eigenvalue weighted by atomic mass is 9.80. The summed E-state index contributed by atoms with van der Waals surface area (Å²) in [6.45, 7) is 1.52. The smallest absolute Gasteiger partial charge is 0.422 e. The number of benzene rings is 1. The summed E-state index contributed by atoms with van der Waals surface area (Å²) in [5.41, 5.74) is -2.36. The van der Waals surface area contributed by atoms with E-state index in [-0.39, 0.29) is 13.2 Å². The molecule has 3 unspecified atom stereocenters. The predicted octanol–water partition coefficient (Wildman–Crippen LogP) is 1.76. The van der Waals surface area contributed by atoms with E-state index in [1.807, 2.05) is 0 Å². The van der Waals surface area contributed by atoms with E-state index in [1.54, 1.807) is 18.2 Å². The Kier molecular flexibility index (Phi) is 3.86. The van der Waals surface area contributed by atoms with Crippen molar-refractivity contribution >= 4 is 5.97 Å². The molecule has 2 heterocycles. The second kappa shape index (κ2) is 5.47. The molecular weight excluding hydrogens is 315 g/mol. The van der Waals surface area contributed by atoms with Crippen molar-refractivity contribution in [3.63, 3.8) is 0 Å². The minimum Gasteiger partial charge on any atom is -0.464 e. The van der Waals surface area contributed by atoms with E-state index >= 15 is 0 Å². The summed E-state index contributed by atoms with van der Waals surface area (Å²) in [6.07, 6.45) is -6.73. The maximum atomic E-state index is 13.7. The molecule has 3 atom stereocenters. The van der Waals surface area contributed by atoms with Crippen LogP contribution >= 0.6 is 0 Å². The fraction of sp³-hybridized carbons (Fsp3) is 0.533. The van der Waals surface area contributed by atoms with Gasteiger partial charge in [0.05, 0.1) is 6.61 Å². The van der Waals surface area contributed by atoms with Crippen molar-refractivity contribution in [1.82, 2.24) is 5.06 Å². The number of carbonyl (C=O) groups excluding carboxylic acids is 1. The van der Waals surface area contributed by atoms with Gasteiger partial charge in [0.2, 0.25) is 11.7 Å². The molecule has 1 aromatic carbocycles. The fourth-order valence-electron chi connectivity index (χ4n) is 3.22. The zero-order valence-electron chi connectivity index (χ0n) is 12.3. The summed E-state index contributed by atoms with van der Waals surface area (Å²) in [7, 11) is 0. The number of esters is 1. The van der Waals surface area contributed by atoms with E-state index in [1.165, 1.54) is 13.0 Å². The molecule has 1 fully saturated rings. The van der Waals surface area contributed by atoms with Gasteiger partial charge in [0, 0.05) is 6.54 Å². The van der Waals surface area contributed by atoms with Gasteiger partial charge in [0.15, 0.2) is 0 Å². The van der Waals surface area contributed by atoms with Crippen molar-refractivity contribution < 1.29 is 32.6 Å². The largest absolute Gasteiger partial charge is 0.464 e. The molecule has 0 aliphatic carbocycles. The van der Waals surface area contributed by atoms with E-state index < -0.39 is 29.9 Å². The Bertz CT molecular complexity index is 621. The molecule has 5 nitrogen and oxygen atoms in total. The summed E-state index contributed by atoms with van der Waals surface area (Å²) in [6, 6.07) is 5.04. The average molecular weight is 331 g/mol. The third-order valence-corrected chi connectivity index (χ3v) is 4.25. The molecule has 0 amide bonds. The molecule has 2 aliphatic rings. The molecule has 126 valence electrons. The molecule has 2 aliphatic heterocycles. The van der Waals surface area contributed by atoms with Crippen molar-refractivity contribution in [2.24, 2.45) is 0 Å². The monoisotopic (exact) mass is 331 g/mol. The van der Waals surface area contributed by atoms with E-state index in [0.29, 0.717) is 17.5 Å². The first-order valence-corrected chi connectivity index (χ1v) is 7.27. The number of hydrogen-bond acceptors (Lipinski definition) is 5. The number of halogens is 3. The summed E-state index contributed by atoms with van der Waals surface area (Å²) < 4.78 is 45.7. The Labute approximate surface area is 130 Å². The van der Waals surface area contributed by atoms with Gasteiger partial charge in [-0.15, -0.1) is 0 Å². The highest BCUT2D eigenvalue weighted by Gasteiger charge is 2.73. The van der Waals surface area contributed by atoms with Gasteiger partial charge in [-0.2, -0.15) is 18.2 Å².